The van der Waals surface area contributed by atoms with Gasteiger partial charge in [0.25, 0.3) is 0 Å². The minimum absolute atomic E-state index is 0.0447. The normalized spacial score (nSPS) is 15.7. The number of fused-ring (bicyclic) bond motifs is 1. The summed E-state index contributed by atoms with van der Waals surface area (Å²) in [6, 6.07) is 4.21. The zero-order valence-electron chi connectivity index (χ0n) is 15.2. The van der Waals surface area contributed by atoms with Crippen molar-refractivity contribution in [3.05, 3.63) is 59.4 Å². The fourth-order valence-corrected chi connectivity index (χ4v) is 2.93. The van der Waals surface area contributed by atoms with Crippen LogP contribution in [0.3, 0.4) is 0 Å². The van der Waals surface area contributed by atoms with Crippen LogP contribution in [0.2, 0.25) is 0 Å². The van der Waals surface area contributed by atoms with E-state index in [2.05, 4.69) is 10.1 Å². The van der Waals surface area contributed by atoms with Crippen molar-refractivity contribution in [3.63, 3.8) is 0 Å². The molecule has 1 aromatic carbocycles. The maximum absolute atomic E-state index is 14.4. The van der Waals surface area contributed by atoms with Gasteiger partial charge in [-0.05, 0) is 23.8 Å². The summed E-state index contributed by atoms with van der Waals surface area (Å²) in [6.07, 6.45) is -8.28. The highest BCUT2D eigenvalue weighted by Crippen LogP contribution is 2.53. The Bertz CT molecular complexity index is 959. The topological polar surface area (TPSA) is 48.8 Å². The number of urea groups is 1. The quantitative estimate of drug-likeness (QED) is 0.516. The lowest BCUT2D eigenvalue weighted by atomic mass is 9.91. The molecule has 1 aromatic heterocycles. The van der Waals surface area contributed by atoms with Crippen LogP contribution in [0.5, 0.6) is 0 Å². The molecule has 12 heteroatoms. The molecule has 160 valence electrons. The maximum atomic E-state index is 14.4. The van der Waals surface area contributed by atoms with Crippen molar-refractivity contribution in [3.8, 4) is 0 Å². The van der Waals surface area contributed by atoms with Crippen molar-refractivity contribution in [1.29, 1.82) is 0 Å². The number of pyridine rings is 1. The molecule has 0 unspecified atom stereocenters. The Balaban J connectivity index is 2.01. The second-order valence-electron chi connectivity index (χ2n) is 6.43. The third-order valence-electron chi connectivity index (χ3n) is 4.48. The van der Waals surface area contributed by atoms with Gasteiger partial charge in [0, 0.05) is 30.6 Å². The Morgan fingerprint density at radius 1 is 1.07 bits per heavy atom. The van der Waals surface area contributed by atoms with Gasteiger partial charge in [-0.25, -0.2) is 14.2 Å². The lowest BCUT2D eigenvalue weighted by Crippen LogP contribution is -2.50. The number of rotatable bonds is 3. The Morgan fingerprint density at radius 2 is 1.73 bits per heavy atom. The molecule has 1 aliphatic rings. The largest absolute Gasteiger partial charge is 0.435 e. The first-order chi connectivity index (χ1) is 13.9. The van der Waals surface area contributed by atoms with Crippen LogP contribution >= 0.6 is 0 Å². The summed E-state index contributed by atoms with van der Waals surface area (Å²) in [5.74, 6) is 0. The van der Waals surface area contributed by atoms with Crippen molar-refractivity contribution in [2.75, 3.05) is 11.9 Å². The fraction of sp³-hybridized carbons (Fsp3) is 0.278. The summed E-state index contributed by atoms with van der Waals surface area (Å²) in [5, 5.41) is 4.75. The summed E-state index contributed by atoms with van der Waals surface area (Å²) < 4.78 is 92.6. The SMILES string of the molecule is CN1C(=O)N(N=Cc2cccnc2)Cc2cc(C(F)(C(F)(F)F)C(F)(F)F)ccc21. The van der Waals surface area contributed by atoms with Gasteiger partial charge in [-0.1, -0.05) is 12.1 Å². The lowest BCUT2D eigenvalue weighted by molar-refractivity contribution is -0.348. The summed E-state index contributed by atoms with van der Waals surface area (Å²) in [5.41, 5.74) is -6.76. The highest BCUT2D eigenvalue weighted by molar-refractivity contribution is 5.95. The van der Waals surface area contributed by atoms with Crippen LogP contribution < -0.4 is 4.90 Å². The third-order valence-corrected chi connectivity index (χ3v) is 4.48. The van der Waals surface area contributed by atoms with Gasteiger partial charge >= 0.3 is 24.1 Å². The van der Waals surface area contributed by atoms with Crippen LogP contribution in [0.4, 0.5) is 41.2 Å². The first-order valence-electron chi connectivity index (χ1n) is 8.31. The minimum Gasteiger partial charge on any atom is -0.296 e. The molecule has 5 nitrogen and oxygen atoms in total. The first-order valence-corrected chi connectivity index (χ1v) is 8.31. The van der Waals surface area contributed by atoms with E-state index in [1.54, 1.807) is 12.1 Å². The van der Waals surface area contributed by atoms with Crippen LogP contribution in [0.25, 0.3) is 0 Å². The minimum atomic E-state index is -6.23. The van der Waals surface area contributed by atoms with Gasteiger partial charge in [0.1, 0.15) is 0 Å². The molecule has 2 aromatic rings. The Hall–Kier alpha value is -3.18. The van der Waals surface area contributed by atoms with Gasteiger partial charge in [-0.2, -0.15) is 31.4 Å². The number of hydrazone groups is 1. The average Bonchev–Trinajstić information content (AvgIpc) is 2.67. The van der Waals surface area contributed by atoms with E-state index in [4.69, 9.17) is 0 Å². The van der Waals surface area contributed by atoms with Crippen LogP contribution in [-0.4, -0.2) is 41.6 Å². The molecule has 1 aliphatic heterocycles. The summed E-state index contributed by atoms with van der Waals surface area (Å²) in [6.45, 7) is -0.450. The molecule has 0 atom stereocenters. The smallest absolute Gasteiger partial charge is 0.296 e. The number of hydrogen-bond acceptors (Lipinski definition) is 3. The predicted octanol–water partition coefficient (Wildman–Crippen LogP) is 4.78. The number of alkyl halides is 7. The van der Waals surface area contributed by atoms with Crippen molar-refractivity contribution < 1.29 is 35.5 Å². The molecule has 0 spiro atoms. The van der Waals surface area contributed by atoms with Crippen molar-refractivity contribution >= 4 is 17.9 Å². The molecule has 0 saturated carbocycles. The molecule has 2 amide bonds. The fourth-order valence-electron chi connectivity index (χ4n) is 2.93. The van der Waals surface area contributed by atoms with Gasteiger partial charge < -0.3 is 0 Å². The van der Waals surface area contributed by atoms with E-state index in [0.717, 1.165) is 16.0 Å². The predicted molar refractivity (Wildman–Crippen MR) is 92.5 cm³/mol. The molecule has 30 heavy (non-hydrogen) atoms. The number of amides is 2. The number of halogens is 7. The van der Waals surface area contributed by atoms with Gasteiger partial charge in [0.2, 0.25) is 0 Å². The molecule has 0 fully saturated rings. The molecular weight excluding hydrogens is 421 g/mol. The number of nitrogens with zero attached hydrogens (tertiary/aromatic N) is 4. The molecule has 0 aliphatic carbocycles. The van der Waals surface area contributed by atoms with Crippen LogP contribution in [0.1, 0.15) is 16.7 Å². The Kier molecular flexibility index (Phi) is 5.21. The standard InChI is InChI=1S/C18H13F7N4O/c1-28-14-5-4-13(16(19,17(20,21)22)18(23,24)25)7-12(14)10-29(15(28)30)27-9-11-3-2-6-26-8-11/h2-9H,10H2,1H3. The molecule has 0 bridgehead atoms. The molecule has 0 saturated heterocycles. The van der Waals surface area contributed by atoms with Crippen LogP contribution in [0.15, 0.2) is 47.8 Å². The van der Waals surface area contributed by atoms with E-state index in [1.807, 2.05) is 0 Å². The van der Waals surface area contributed by atoms with E-state index in [0.29, 0.717) is 17.7 Å². The second-order valence-corrected chi connectivity index (χ2v) is 6.43. The Morgan fingerprint density at radius 3 is 2.30 bits per heavy atom. The highest BCUT2D eigenvalue weighted by atomic mass is 19.4. The second kappa shape index (κ2) is 7.26. The number of aromatic nitrogens is 1. The van der Waals surface area contributed by atoms with E-state index in [9.17, 15) is 35.5 Å². The van der Waals surface area contributed by atoms with Gasteiger partial charge in [0.15, 0.2) is 0 Å². The summed E-state index contributed by atoms with van der Waals surface area (Å²) in [7, 11) is 1.27. The molecule has 2 heterocycles. The number of carbonyl (C=O) groups excluding carboxylic acids is 1. The van der Waals surface area contributed by atoms with Gasteiger partial charge in [0.05, 0.1) is 18.4 Å². The zero-order valence-corrected chi connectivity index (χ0v) is 15.2. The maximum Gasteiger partial charge on any atom is 0.435 e. The highest BCUT2D eigenvalue weighted by Gasteiger charge is 2.73. The van der Waals surface area contributed by atoms with Gasteiger partial charge in [-0.3, -0.25) is 9.88 Å². The number of benzene rings is 1. The zero-order chi connectivity index (χ0) is 22.3. The van der Waals surface area contributed by atoms with E-state index >= 15 is 0 Å². The Labute approximate surface area is 165 Å². The molecule has 3 rings (SSSR count). The molecular formula is C18H13F7N4O. The number of hydrogen-bond donors (Lipinski definition) is 0. The summed E-state index contributed by atoms with van der Waals surface area (Å²) in [4.78, 5) is 17.2. The lowest BCUT2D eigenvalue weighted by Gasteiger charge is -2.34. The third kappa shape index (κ3) is 3.57. The van der Waals surface area contributed by atoms with E-state index < -0.39 is 36.2 Å². The van der Waals surface area contributed by atoms with Gasteiger partial charge in [-0.15, -0.1) is 0 Å². The van der Waals surface area contributed by atoms with Crippen molar-refractivity contribution in [2.24, 2.45) is 5.10 Å². The number of carbonyl (C=O) groups is 1. The number of anilines is 1. The summed E-state index contributed by atoms with van der Waals surface area (Å²) >= 11 is 0. The van der Waals surface area contributed by atoms with E-state index in [1.165, 1.54) is 25.7 Å². The monoisotopic (exact) mass is 434 g/mol. The first kappa shape index (κ1) is 21.5. The van der Waals surface area contributed by atoms with E-state index in [-0.39, 0.29) is 11.3 Å². The van der Waals surface area contributed by atoms with Crippen LogP contribution in [0, 0.1) is 0 Å². The molecule has 0 radical (unpaired) electrons. The van der Waals surface area contributed by atoms with Crippen molar-refractivity contribution in [1.82, 2.24) is 9.99 Å². The van der Waals surface area contributed by atoms with Crippen LogP contribution in [-0.2, 0) is 12.2 Å². The van der Waals surface area contributed by atoms with Crippen molar-refractivity contribution in [2.45, 2.75) is 24.6 Å². The molecule has 0 N–H and O–H groups in total. The average molecular weight is 434 g/mol.